The molecule has 2 fully saturated rings. The molecule has 0 radical (unpaired) electrons. The van der Waals surface area contributed by atoms with E-state index in [9.17, 15) is 35.9 Å². The van der Waals surface area contributed by atoms with Crippen molar-refractivity contribution in [1.29, 1.82) is 0 Å². The first-order valence-corrected chi connectivity index (χ1v) is 12.8. The van der Waals surface area contributed by atoms with Crippen molar-refractivity contribution in [1.82, 2.24) is 14.7 Å². The molecule has 1 aromatic heterocycles. The molecule has 0 unspecified atom stereocenters. The zero-order valence-corrected chi connectivity index (χ0v) is 21.0. The van der Waals surface area contributed by atoms with E-state index in [1.54, 1.807) is 24.3 Å². The van der Waals surface area contributed by atoms with Crippen molar-refractivity contribution in [2.75, 3.05) is 19.8 Å². The van der Waals surface area contributed by atoms with Crippen LogP contribution in [0.1, 0.15) is 35.1 Å². The Morgan fingerprint density at radius 2 is 1.85 bits per heavy atom. The summed E-state index contributed by atoms with van der Waals surface area (Å²) in [5.41, 5.74) is -2.09. The van der Waals surface area contributed by atoms with E-state index in [2.05, 4.69) is 5.10 Å². The lowest BCUT2D eigenvalue weighted by Gasteiger charge is -2.25. The monoisotopic (exact) mass is 569 g/mol. The highest BCUT2D eigenvalue weighted by molar-refractivity contribution is 8.18. The maximum atomic E-state index is 13.6. The summed E-state index contributed by atoms with van der Waals surface area (Å²) in [5.74, 6) is -0.301. The molecule has 0 saturated carbocycles. The minimum Gasteiger partial charge on any atom is -0.381 e. The Morgan fingerprint density at radius 1 is 1.05 bits per heavy atom. The van der Waals surface area contributed by atoms with Crippen LogP contribution in [0.5, 0.6) is 0 Å². The standard InChI is InChI=1S/C26H21F6N3O3S/c27-25(28,29)19-5-4-17(20(10-19)26(30,31)32)13-35-21-6-3-15(8-18(21)11-33-35)9-22-23(36)34(24(37)39-22)12-16-2-1-7-38-14-16/h3-6,8-11,16H,1-2,7,12-14H2/b22-9-/t16-/m1/s1. The van der Waals surface area contributed by atoms with Crippen molar-refractivity contribution in [3.05, 3.63) is 69.8 Å². The maximum Gasteiger partial charge on any atom is 0.416 e. The number of rotatable bonds is 5. The fraction of sp³-hybridized carbons (Fsp3) is 0.346. The number of carbonyl (C=O) groups excluding carboxylic acids is 2. The summed E-state index contributed by atoms with van der Waals surface area (Å²) in [6.07, 6.45) is -5.17. The fourth-order valence-corrected chi connectivity index (χ4v) is 5.50. The van der Waals surface area contributed by atoms with Crippen molar-refractivity contribution in [3.8, 4) is 0 Å². The topological polar surface area (TPSA) is 64.4 Å². The van der Waals surface area contributed by atoms with Gasteiger partial charge in [-0.05, 0) is 66.1 Å². The van der Waals surface area contributed by atoms with Crippen LogP contribution in [0, 0.1) is 5.92 Å². The number of hydrogen-bond acceptors (Lipinski definition) is 5. The molecule has 2 saturated heterocycles. The number of hydrogen-bond donors (Lipinski definition) is 0. The van der Waals surface area contributed by atoms with Crippen LogP contribution < -0.4 is 0 Å². The van der Waals surface area contributed by atoms with Gasteiger partial charge >= 0.3 is 12.4 Å². The number of benzene rings is 2. The van der Waals surface area contributed by atoms with Crippen LogP contribution in [0.25, 0.3) is 17.0 Å². The lowest BCUT2D eigenvalue weighted by atomic mass is 10.0. The number of fused-ring (bicyclic) bond motifs is 1. The summed E-state index contributed by atoms with van der Waals surface area (Å²) >= 11 is 0.835. The lowest BCUT2D eigenvalue weighted by Crippen LogP contribution is -2.36. The Labute approximate surface area is 222 Å². The molecular weight excluding hydrogens is 548 g/mol. The highest BCUT2D eigenvalue weighted by Gasteiger charge is 2.39. The number of imide groups is 1. The van der Waals surface area contributed by atoms with Crippen LogP contribution in [0.3, 0.4) is 0 Å². The molecular formula is C26H21F6N3O3S. The molecule has 0 aliphatic carbocycles. The molecule has 5 rings (SSSR count). The summed E-state index contributed by atoms with van der Waals surface area (Å²) in [7, 11) is 0. The van der Waals surface area contributed by atoms with Crippen LogP contribution in [0.2, 0.25) is 0 Å². The highest BCUT2D eigenvalue weighted by Crippen LogP contribution is 2.38. The molecule has 0 spiro atoms. The molecule has 6 nitrogen and oxygen atoms in total. The molecule has 3 heterocycles. The summed E-state index contributed by atoms with van der Waals surface area (Å²) in [6.45, 7) is 1.06. The van der Waals surface area contributed by atoms with Crippen molar-refractivity contribution in [2.45, 2.75) is 31.7 Å². The first-order chi connectivity index (χ1) is 18.4. The van der Waals surface area contributed by atoms with Gasteiger partial charge in [-0.1, -0.05) is 12.1 Å². The van der Waals surface area contributed by atoms with E-state index in [0.717, 1.165) is 30.7 Å². The van der Waals surface area contributed by atoms with Gasteiger partial charge in [-0.15, -0.1) is 0 Å². The van der Waals surface area contributed by atoms with E-state index in [1.807, 2.05) is 0 Å². The second-order valence-corrected chi connectivity index (χ2v) is 10.4. The largest absolute Gasteiger partial charge is 0.416 e. The Hall–Kier alpha value is -3.32. The van der Waals surface area contributed by atoms with E-state index < -0.39 is 35.9 Å². The third-order valence-electron chi connectivity index (χ3n) is 6.60. The summed E-state index contributed by atoms with van der Waals surface area (Å²) in [5, 5.41) is 4.31. The van der Waals surface area contributed by atoms with Gasteiger partial charge in [0.25, 0.3) is 11.1 Å². The molecule has 1 atom stereocenters. The van der Waals surface area contributed by atoms with Gasteiger partial charge in [0.05, 0.1) is 40.9 Å². The number of ether oxygens (including phenoxy) is 1. The minimum absolute atomic E-state index is 0.0938. The molecule has 39 heavy (non-hydrogen) atoms. The number of aromatic nitrogens is 2. The zero-order chi connectivity index (χ0) is 27.9. The number of halogens is 6. The Balaban J connectivity index is 1.37. The second-order valence-electron chi connectivity index (χ2n) is 9.36. The lowest BCUT2D eigenvalue weighted by molar-refractivity contribution is -0.143. The van der Waals surface area contributed by atoms with Gasteiger partial charge in [0, 0.05) is 24.5 Å². The predicted molar refractivity (Wildman–Crippen MR) is 132 cm³/mol. The van der Waals surface area contributed by atoms with Crippen LogP contribution in [0.4, 0.5) is 31.1 Å². The van der Waals surface area contributed by atoms with E-state index in [0.29, 0.717) is 35.7 Å². The smallest absolute Gasteiger partial charge is 0.381 e. The molecule has 13 heteroatoms. The average Bonchev–Trinajstić information content (AvgIpc) is 3.38. The van der Waals surface area contributed by atoms with Crippen LogP contribution >= 0.6 is 11.8 Å². The van der Waals surface area contributed by atoms with E-state index in [-0.39, 0.29) is 34.2 Å². The summed E-state index contributed by atoms with van der Waals surface area (Å²) < 4.78 is 86.3. The van der Waals surface area contributed by atoms with E-state index >= 15 is 0 Å². The molecule has 2 amide bonds. The van der Waals surface area contributed by atoms with Gasteiger partial charge in [-0.2, -0.15) is 31.4 Å². The van der Waals surface area contributed by atoms with Gasteiger partial charge in [-0.3, -0.25) is 19.2 Å². The van der Waals surface area contributed by atoms with Crippen LogP contribution in [-0.2, 0) is 28.4 Å². The Bertz CT molecular complexity index is 1460. The van der Waals surface area contributed by atoms with E-state index in [4.69, 9.17) is 4.74 Å². The maximum absolute atomic E-state index is 13.6. The van der Waals surface area contributed by atoms with E-state index in [1.165, 1.54) is 15.8 Å². The minimum atomic E-state index is -4.99. The second kappa shape index (κ2) is 10.3. The van der Waals surface area contributed by atoms with Gasteiger partial charge in [0.15, 0.2) is 0 Å². The molecule has 206 valence electrons. The predicted octanol–water partition coefficient (Wildman–Crippen LogP) is 6.59. The first-order valence-electron chi connectivity index (χ1n) is 12.0. The highest BCUT2D eigenvalue weighted by atomic mass is 32.2. The fourth-order valence-electron chi connectivity index (χ4n) is 4.66. The Morgan fingerprint density at radius 3 is 2.54 bits per heavy atom. The molecule has 3 aromatic rings. The van der Waals surface area contributed by atoms with Crippen molar-refractivity contribution < 1.29 is 40.7 Å². The van der Waals surface area contributed by atoms with Crippen LogP contribution in [0.15, 0.2) is 47.5 Å². The molecule has 0 N–H and O–H groups in total. The third-order valence-corrected chi connectivity index (χ3v) is 7.50. The SMILES string of the molecule is O=C1S/C(=C\c2ccc3c(cnn3Cc3ccc(C(F)(F)F)cc3C(F)(F)F)c2)C(=O)N1C[C@H]1CCCOC1. The van der Waals surface area contributed by atoms with Gasteiger partial charge in [-0.25, -0.2) is 0 Å². The number of amides is 2. The molecule has 2 aliphatic rings. The summed E-state index contributed by atoms with van der Waals surface area (Å²) in [6, 6.07) is 6.41. The Kier molecular flexibility index (Phi) is 7.23. The van der Waals surface area contributed by atoms with Crippen molar-refractivity contribution >= 4 is 39.9 Å². The van der Waals surface area contributed by atoms with Gasteiger partial charge in [0.1, 0.15) is 0 Å². The number of thioether (sulfide) groups is 1. The average molecular weight is 570 g/mol. The van der Waals surface area contributed by atoms with Gasteiger partial charge in [0.2, 0.25) is 0 Å². The molecule has 2 aromatic carbocycles. The normalized spacial score (nSPS) is 20.0. The first kappa shape index (κ1) is 27.3. The van der Waals surface area contributed by atoms with Crippen LogP contribution in [-0.4, -0.2) is 45.6 Å². The zero-order valence-electron chi connectivity index (χ0n) is 20.2. The quantitative estimate of drug-likeness (QED) is 0.257. The van der Waals surface area contributed by atoms with Gasteiger partial charge < -0.3 is 4.74 Å². The number of carbonyl (C=O) groups is 2. The number of alkyl halides is 6. The van der Waals surface area contributed by atoms with Crippen molar-refractivity contribution in [3.63, 3.8) is 0 Å². The number of nitrogens with zero attached hydrogens (tertiary/aromatic N) is 3. The third kappa shape index (κ3) is 5.83. The molecule has 0 bridgehead atoms. The summed E-state index contributed by atoms with van der Waals surface area (Å²) in [4.78, 5) is 26.8. The van der Waals surface area contributed by atoms with Crippen molar-refractivity contribution in [2.24, 2.45) is 5.92 Å². The molecule has 2 aliphatic heterocycles.